The first-order valence-corrected chi connectivity index (χ1v) is 23.6. The van der Waals surface area contributed by atoms with Crippen LogP contribution < -0.4 is 0 Å². The molecule has 0 saturated carbocycles. The van der Waals surface area contributed by atoms with Gasteiger partial charge >= 0.3 is 0 Å². The number of benzene rings is 4. The lowest BCUT2D eigenvalue weighted by molar-refractivity contribution is 1.11. The standard InChI is InChI=1S/C30H36Si3/c1-31(2,3)28-16-10-12-18-24-22(16)23-17(28)11-13-19-25(23)27-21(30(19)33(7,8)9)15-14-20(26(24)27)29(18)32(4,5)6/h10-15,28-30H,1-9H3. The average Bonchev–Trinajstić information content (AvgIpc) is 3.29. The summed E-state index contributed by atoms with van der Waals surface area (Å²) >= 11 is 0. The van der Waals surface area contributed by atoms with Crippen molar-refractivity contribution in [2.45, 2.75) is 75.5 Å². The van der Waals surface area contributed by atoms with Crippen LogP contribution in [0.4, 0.5) is 0 Å². The molecule has 0 aliphatic heterocycles. The maximum Gasteiger partial charge on any atom is 0.0574 e. The minimum Gasteiger partial charge on any atom is -0.0688 e. The van der Waals surface area contributed by atoms with Crippen molar-refractivity contribution in [2.75, 3.05) is 0 Å². The molecular weight excluding hydrogens is 445 g/mol. The maximum absolute atomic E-state index is 2.58. The van der Waals surface area contributed by atoms with Crippen molar-refractivity contribution in [3.8, 4) is 0 Å². The van der Waals surface area contributed by atoms with Gasteiger partial charge in [-0.3, -0.25) is 0 Å². The van der Waals surface area contributed by atoms with Crippen LogP contribution in [0.5, 0.6) is 0 Å². The third-order valence-electron chi connectivity index (χ3n) is 9.02. The van der Waals surface area contributed by atoms with Crippen LogP contribution in [0, 0.1) is 0 Å². The third-order valence-corrected chi connectivity index (χ3v) is 16.1. The molecule has 3 heteroatoms. The van der Waals surface area contributed by atoms with Gasteiger partial charge in [0.25, 0.3) is 0 Å². The van der Waals surface area contributed by atoms with Gasteiger partial charge in [-0.15, -0.1) is 0 Å². The van der Waals surface area contributed by atoms with E-state index in [1.807, 2.05) is 0 Å². The zero-order valence-corrected chi connectivity index (χ0v) is 24.7. The van der Waals surface area contributed by atoms with Crippen LogP contribution >= 0.6 is 0 Å². The molecule has 0 heterocycles. The summed E-state index contributed by atoms with van der Waals surface area (Å²) in [5.74, 6) is 0. The molecule has 3 aliphatic carbocycles. The van der Waals surface area contributed by atoms with Gasteiger partial charge in [0.15, 0.2) is 0 Å². The van der Waals surface area contributed by atoms with E-state index in [2.05, 4.69) is 95.3 Å². The molecule has 0 nitrogen and oxygen atoms in total. The van der Waals surface area contributed by atoms with E-state index in [4.69, 9.17) is 0 Å². The Morgan fingerprint density at radius 2 is 0.485 bits per heavy atom. The van der Waals surface area contributed by atoms with Gasteiger partial charge in [0.1, 0.15) is 0 Å². The summed E-state index contributed by atoms with van der Waals surface area (Å²) in [7, 11) is -4.32. The van der Waals surface area contributed by atoms with Gasteiger partial charge in [-0.05, 0) is 65.7 Å². The van der Waals surface area contributed by atoms with Crippen molar-refractivity contribution < 1.29 is 0 Å². The highest BCUT2D eigenvalue weighted by Gasteiger charge is 2.46. The van der Waals surface area contributed by atoms with E-state index >= 15 is 0 Å². The molecule has 0 amide bonds. The molecule has 33 heavy (non-hydrogen) atoms. The summed E-state index contributed by atoms with van der Waals surface area (Å²) in [6.07, 6.45) is 0. The topological polar surface area (TPSA) is 0 Å². The van der Waals surface area contributed by atoms with Crippen LogP contribution in [0.1, 0.15) is 50.0 Å². The second-order valence-electron chi connectivity index (χ2n) is 14.4. The van der Waals surface area contributed by atoms with Gasteiger partial charge in [-0.25, -0.2) is 0 Å². The fourth-order valence-corrected chi connectivity index (χ4v) is 15.3. The minimum atomic E-state index is -1.44. The highest BCUT2D eigenvalue weighted by Crippen LogP contribution is 2.62. The molecule has 0 fully saturated rings. The SMILES string of the molecule is C[Si](C)(C)C1c2ccc3c4c2c2c1ccc1c2c2c(ccc(c42)C3[Si](C)(C)C)C1[Si](C)(C)C. The van der Waals surface area contributed by atoms with Crippen molar-refractivity contribution in [1.29, 1.82) is 0 Å². The van der Waals surface area contributed by atoms with Gasteiger partial charge in [-0.1, -0.05) is 95.3 Å². The van der Waals surface area contributed by atoms with E-state index in [1.54, 1.807) is 65.7 Å². The highest BCUT2D eigenvalue weighted by atomic mass is 28.3. The molecule has 7 rings (SSSR count). The van der Waals surface area contributed by atoms with Crippen molar-refractivity contribution in [1.82, 2.24) is 0 Å². The minimum absolute atomic E-state index is 0.621. The van der Waals surface area contributed by atoms with Crippen molar-refractivity contribution in [3.05, 3.63) is 69.8 Å². The molecular formula is C30H36Si3. The summed E-state index contributed by atoms with van der Waals surface area (Å²) in [4.78, 5) is 0. The molecule has 0 unspecified atom stereocenters. The molecule has 0 N–H and O–H groups in total. The molecule has 4 aromatic rings. The Bertz CT molecular complexity index is 1260. The van der Waals surface area contributed by atoms with Gasteiger partial charge in [0.05, 0.1) is 24.2 Å². The van der Waals surface area contributed by atoms with Crippen LogP contribution in [0.25, 0.3) is 32.3 Å². The van der Waals surface area contributed by atoms with Crippen molar-refractivity contribution >= 4 is 56.5 Å². The van der Waals surface area contributed by atoms with Crippen LogP contribution in [0.2, 0.25) is 58.9 Å². The summed E-state index contributed by atoms with van der Waals surface area (Å²) < 4.78 is 0. The van der Waals surface area contributed by atoms with Crippen molar-refractivity contribution in [2.24, 2.45) is 0 Å². The summed E-state index contributed by atoms with van der Waals surface area (Å²) in [6.45, 7) is 23.2. The van der Waals surface area contributed by atoms with E-state index < -0.39 is 24.2 Å². The second kappa shape index (κ2) is 5.75. The van der Waals surface area contributed by atoms with Crippen LogP contribution in [0.15, 0.2) is 36.4 Å². The Morgan fingerprint density at radius 3 is 0.606 bits per heavy atom. The first kappa shape index (κ1) is 20.7. The molecule has 0 bridgehead atoms. The Labute approximate surface area is 201 Å². The second-order valence-corrected chi connectivity index (χ2v) is 30.3. The average molecular weight is 481 g/mol. The summed E-state index contributed by atoms with van der Waals surface area (Å²) in [5, 5.41) is 9.97. The van der Waals surface area contributed by atoms with Crippen LogP contribution in [-0.4, -0.2) is 24.2 Å². The lowest BCUT2D eigenvalue weighted by Gasteiger charge is -2.29. The Kier molecular flexibility index (Phi) is 3.60. The molecule has 0 aromatic heterocycles. The Balaban J connectivity index is 1.79. The van der Waals surface area contributed by atoms with E-state index in [-0.39, 0.29) is 0 Å². The molecule has 4 aromatic carbocycles. The lowest BCUT2D eigenvalue weighted by atomic mass is 9.95. The van der Waals surface area contributed by atoms with E-state index in [9.17, 15) is 0 Å². The lowest BCUT2D eigenvalue weighted by Crippen LogP contribution is -2.31. The van der Waals surface area contributed by atoms with Gasteiger partial charge < -0.3 is 0 Å². The number of rotatable bonds is 3. The van der Waals surface area contributed by atoms with E-state index in [0.29, 0.717) is 16.6 Å². The van der Waals surface area contributed by atoms with E-state index in [0.717, 1.165) is 0 Å². The normalized spacial score (nSPS) is 23.0. The molecule has 3 aliphatic rings. The first-order valence-electron chi connectivity index (χ1n) is 12.8. The quantitative estimate of drug-likeness (QED) is 0.202. The summed E-state index contributed by atoms with van der Waals surface area (Å²) in [5.41, 5.74) is 11.8. The predicted octanol–water partition coefficient (Wildman–Crippen LogP) is 9.11. The van der Waals surface area contributed by atoms with Crippen LogP contribution in [0.3, 0.4) is 0 Å². The predicted molar refractivity (Wildman–Crippen MR) is 155 cm³/mol. The van der Waals surface area contributed by atoms with Crippen LogP contribution in [-0.2, 0) is 0 Å². The number of hydrogen-bond acceptors (Lipinski definition) is 0. The fourth-order valence-electron chi connectivity index (χ4n) is 8.27. The first-order chi connectivity index (χ1) is 15.3. The van der Waals surface area contributed by atoms with Gasteiger partial charge in [0, 0.05) is 16.6 Å². The molecule has 0 atom stereocenters. The largest absolute Gasteiger partial charge is 0.0688 e. The van der Waals surface area contributed by atoms with Gasteiger partial charge in [-0.2, -0.15) is 0 Å². The number of hydrogen-bond donors (Lipinski definition) is 0. The smallest absolute Gasteiger partial charge is 0.0574 e. The monoisotopic (exact) mass is 480 g/mol. The zero-order chi connectivity index (χ0) is 23.4. The Morgan fingerprint density at radius 1 is 0.333 bits per heavy atom. The van der Waals surface area contributed by atoms with E-state index in [1.165, 1.54) is 0 Å². The van der Waals surface area contributed by atoms with Gasteiger partial charge in [0.2, 0.25) is 0 Å². The van der Waals surface area contributed by atoms with Crippen molar-refractivity contribution in [3.63, 3.8) is 0 Å². The zero-order valence-electron chi connectivity index (χ0n) is 21.7. The Hall–Kier alpha value is -1.69. The maximum atomic E-state index is 2.58. The third kappa shape index (κ3) is 2.28. The summed E-state index contributed by atoms with van der Waals surface area (Å²) in [6, 6.07) is 15.4. The fraction of sp³-hybridized carbons (Fsp3) is 0.400. The molecule has 0 radical (unpaired) electrons. The molecule has 168 valence electrons. The molecule has 0 saturated heterocycles. The highest BCUT2D eigenvalue weighted by molar-refractivity contribution is 6.80. The molecule has 0 spiro atoms.